The lowest BCUT2D eigenvalue weighted by molar-refractivity contribution is -0.120. The molecule has 0 radical (unpaired) electrons. The lowest BCUT2D eigenvalue weighted by Gasteiger charge is -2.34. The molecule has 3 N–H and O–H groups in total. The molecule has 0 atom stereocenters. The first-order chi connectivity index (χ1) is 10.2. The van der Waals surface area contributed by atoms with Crippen LogP contribution in [0.1, 0.15) is 33.6 Å². The van der Waals surface area contributed by atoms with Crippen LogP contribution in [0.25, 0.3) is 0 Å². The van der Waals surface area contributed by atoms with Gasteiger partial charge < -0.3 is 15.4 Å². The zero-order chi connectivity index (χ0) is 16.6. The SMILES string of the molecule is CC(C)OCCS(=O)(=O)NCC(=O)NCC1(C)CCNCC1.Cl. The van der Waals surface area contributed by atoms with Gasteiger partial charge >= 0.3 is 0 Å². The number of amides is 1. The van der Waals surface area contributed by atoms with Crippen LogP contribution in [0.4, 0.5) is 0 Å². The van der Waals surface area contributed by atoms with Crippen molar-refractivity contribution in [2.24, 2.45) is 5.41 Å². The molecule has 0 aromatic heterocycles. The molecule has 138 valence electrons. The van der Waals surface area contributed by atoms with Crippen molar-refractivity contribution in [2.45, 2.75) is 39.7 Å². The smallest absolute Gasteiger partial charge is 0.235 e. The van der Waals surface area contributed by atoms with E-state index in [-0.39, 0.29) is 48.7 Å². The number of piperidine rings is 1. The number of hydrogen-bond acceptors (Lipinski definition) is 5. The van der Waals surface area contributed by atoms with Crippen LogP contribution in [0.2, 0.25) is 0 Å². The highest BCUT2D eigenvalue weighted by Gasteiger charge is 2.27. The Balaban J connectivity index is 0.00000484. The van der Waals surface area contributed by atoms with Gasteiger partial charge in [0.25, 0.3) is 0 Å². The van der Waals surface area contributed by atoms with Gasteiger partial charge in [0.05, 0.1) is 25.0 Å². The van der Waals surface area contributed by atoms with E-state index in [1.807, 2.05) is 13.8 Å². The molecule has 0 aromatic rings. The van der Waals surface area contributed by atoms with Gasteiger partial charge in [-0.15, -0.1) is 12.4 Å². The van der Waals surface area contributed by atoms with Gasteiger partial charge in [0, 0.05) is 6.54 Å². The Kier molecular flexibility index (Phi) is 10.3. The molecule has 0 unspecified atom stereocenters. The highest BCUT2D eigenvalue weighted by Crippen LogP contribution is 2.26. The average Bonchev–Trinajstić information content (AvgIpc) is 2.43. The standard InChI is InChI=1S/C14H29N3O4S.ClH/c1-12(2)21-8-9-22(19,20)17-10-13(18)16-11-14(3)4-6-15-7-5-14;/h12,15,17H,4-11H2,1-3H3,(H,16,18);1H. The minimum absolute atomic E-state index is 0. The Hall–Kier alpha value is -0.410. The normalized spacial score (nSPS) is 17.6. The van der Waals surface area contributed by atoms with E-state index in [1.165, 1.54) is 0 Å². The van der Waals surface area contributed by atoms with Crippen molar-refractivity contribution in [2.75, 3.05) is 38.5 Å². The Morgan fingerprint density at radius 1 is 1.30 bits per heavy atom. The third kappa shape index (κ3) is 10.1. The minimum Gasteiger partial charge on any atom is -0.378 e. The third-order valence-corrected chi connectivity index (χ3v) is 5.07. The van der Waals surface area contributed by atoms with Crippen LogP contribution in [0.5, 0.6) is 0 Å². The molecule has 1 saturated heterocycles. The van der Waals surface area contributed by atoms with Gasteiger partial charge in [0.2, 0.25) is 15.9 Å². The van der Waals surface area contributed by atoms with Gasteiger partial charge in [-0.25, -0.2) is 13.1 Å². The molecule has 0 aliphatic carbocycles. The van der Waals surface area contributed by atoms with Crippen molar-refractivity contribution < 1.29 is 17.9 Å². The zero-order valence-corrected chi connectivity index (χ0v) is 15.8. The maximum absolute atomic E-state index is 11.8. The van der Waals surface area contributed by atoms with Gasteiger partial charge in [0.1, 0.15) is 0 Å². The van der Waals surface area contributed by atoms with Crippen molar-refractivity contribution in [1.29, 1.82) is 0 Å². The molecule has 1 heterocycles. The van der Waals surface area contributed by atoms with Crippen LogP contribution in [0.15, 0.2) is 0 Å². The molecule has 23 heavy (non-hydrogen) atoms. The van der Waals surface area contributed by atoms with Gasteiger partial charge in [-0.3, -0.25) is 4.79 Å². The number of ether oxygens (including phenoxy) is 1. The minimum atomic E-state index is -3.48. The number of hydrogen-bond donors (Lipinski definition) is 3. The lowest BCUT2D eigenvalue weighted by Crippen LogP contribution is -2.45. The van der Waals surface area contributed by atoms with E-state index in [0.29, 0.717) is 6.54 Å². The van der Waals surface area contributed by atoms with Crippen LogP contribution in [-0.4, -0.2) is 59.0 Å². The number of rotatable bonds is 9. The van der Waals surface area contributed by atoms with E-state index in [2.05, 4.69) is 22.3 Å². The summed E-state index contributed by atoms with van der Waals surface area (Å²) in [5, 5.41) is 6.10. The topological polar surface area (TPSA) is 96.5 Å². The van der Waals surface area contributed by atoms with Crippen molar-refractivity contribution >= 4 is 28.3 Å². The molecule has 9 heteroatoms. The second-order valence-electron chi connectivity index (χ2n) is 6.40. The molecule has 0 saturated carbocycles. The van der Waals surface area contributed by atoms with Crippen LogP contribution in [0.3, 0.4) is 0 Å². The summed E-state index contributed by atoms with van der Waals surface area (Å²) in [4.78, 5) is 11.8. The largest absolute Gasteiger partial charge is 0.378 e. The lowest BCUT2D eigenvalue weighted by atomic mass is 9.81. The van der Waals surface area contributed by atoms with E-state index in [4.69, 9.17) is 4.74 Å². The van der Waals surface area contributed by atoms with E-state index < -0.39 is 10.0 Å². The average molecular weight is 372 g/mol. The molecule has 1 fully saturated rings. The molecule has 1 rings (SSSR count). The van der Waals surface area contributed by atoms with Crippen molar-refractivity contribution in [3.63, 3.8) is 0 Å². The van der Waals surface area contributed by atoms with Gasteiger partial charge in [-0.05, 0) is 45.2 Å². The Labute approximate surface area is 145 Å². The molecular formula is C14H30ClN3O4S. The van der Waals surface area contributed by atoms with Crippen molar-refractivity contribution in [1.82, 2.24) is 15.4 Å². The fourth-order valence-corrected chi connectivity index (χ4v) is 3.03. The molecule has 0 bridgehead atoms. The second kappa shape index (κ2) is 10.5. The van der Waals surface area contributed by atoms with Gasteiger partial charge in [-0.2, -0.15) is 0 Å². The summed E-state index contributed by atoms with van der Waals surface area (Å²) in [7, 11) is -3.48. The third-order valence-electron chi connectivity index (χ3n) is 3.78. The monoisotopic (exact) mass is 371 g/mol. The fraction of sp³-hybridized carbons (Fsp3) is 0.929. The maximum Gasteiger partial charge on any atom is 0.235 e. The molecule has 0 aromatic carbocycles. The summed E-state index contributed by atoms with van der Waals surface area (Å²) in [6.45, 7) is 8.21. The predicted molar refractivity (Wildman–Crippen MR) is 93.3 cm³/mol. The zero-order valence-electron chi connectivity index (χ0n) is 14.2. The van der Waals surface area contributed by atoms with E-state index in [0.717, 1.165) is 25.9 Å². The van der Waals surface area contributed by atoms with Crippen LogP contribution >= 0.6 is 12.4 Å². The highest BCUT2D eigenvalue weighted by atomic mass is 35.5. The summed E-state index contributed by atoms with van der Waals surface area (Å²) in [6.07, 6.45) is 2.00. The maximum atomic E-state index is 11.8. The molecule has 1 amide bonds. The first kappa shape index (κ1) is 22.6. The van der Waals surface area contributed by atoms with Crippen LogP contribution in [0, 0.1) is 5.41 Å². The second-order valence-corrected chi connectivity index (χ2v) is 8.32. The summed E-state index contributed by atoms with van der Waals surface area (Å²) < 4.78 is 30.9. The Morgan fingerprint density at radius 2 is 1.91 bits per heavy atom. The Bertz CT molecular complexity index is 451. The van der Waals surface area contributed by atoms with Crippen LogP contribution < -0.4 is 15.4 Å². The number of sulfonamides is 1. The van der Waals surface area contributed by atoms with Crippen molar-refractivity contribution in [3.8, 4) is 0 Å². The van der Waals surface area contributed by atoms with Crippen LogP contribution in [-0.2, 0) is 19.6 Å². The summed E-state index contributed by atoms with van der Waals surface area (Å²) in [5.41, 5.74) is 0.0882. The number of carbonyl (C=O) groups is 1. The van der Waals surface area contributed by atoms with E-state index in [9.17, 15) is 13.2 Å². The number of carbonyl (C=O) groups excluding carboxylic acids is 1. The van der Waals surface area contributed by atoms with E-state index >= 15 is 0 Å². The molecular weight excluding hydrogens is 342 g/mol. The first-order valence-electron chi connectivity index (χ1n) is 7.79. The first-order valence-corrected chi connectivity index (χ1v) is 9.44. The Morgan fingerprint density at radius 3 is 2.48 bits per heavy atom. The molecule has 7 nitrogen and oxygen atoms in total. The quantitative estimate of drug-likeness (QED) is 0.540. The van der Waals surface area contributed by atoms with Crippen molar-refractivity contribution in [3.05, 3.63) is 0 Å². The molecule has 0 spiro atoms. The predicted octanol–water partition coefficient (Wildman–Crippen LogP) is 0.259. The van der Waals surface area contributed by atoms with Gasteiger partial charge in [-0.1, -0.05) is 6.92 Å². The van der Waals surface area contributed by atoms with Gasteiger partial charge in [0.15, 0.2) is 0 Å². The summed E-state index contributed by atoms with van der Waals surface area (Å²) >= 11 is 0. The summed E-state index contributed by atoms with van der Waals surface area (Å²) in [6, 6.07) is 0. The molecule has 1 aliphatic heterocycles. The van der Waals surface area contributed by atoms with E-state index in [1.54, 1.807) is 0 Å². The number of nitrogens with one attached hydrogen (secondary N) is 3. The summed E-state index contributed by atoms with van der Waals surface area (Å²) in [5.74, 6) is -0.435. The number of halogens is 1. The highest BCUT2D eigenvalue weighted by molar-refractivity contribution is 7.89. The molecule has 1 aliphatic rings. The fourth-order valence-electron chi connectivity index (χ4n) is 2.22.